The summed E-state index contributed by atoms with van der Waals surface area (Å²) in [6.07, 6.45) is -0.710. The number of ether oxygens (including phenoxy) is 1. The van der Waals surface area contributed by atoms with Crippen molar-refractivity contribution in [2.24, 2.45) is 5.41 Å². The van der Waals surface area contributed by atoms with Crippen molar-refractivity contribution in [3.05, 3.63) is 23.5 Å². The van der Waals surface area contributed by atoms with Gasteiger partial charge in [0.05, 0.1) is 16.9 Å². The first-order chi connectivity index (χ1) is 13.0. The van der Waals surface area contributed by atoms with Crippen molar-refractivity contribution in [2.75, 3.05) is 18.5 Å². The molecule has 9 heteroatoms. The van der Waals surface area contributed by atoms with Gasteiger partial charge in [0.1, 0.15) is 22.5 Å². The van der Waals surface area contributed by atoms with Crippen molar-refractivity contribution in [2.45, 2.75) is 40.2 Å². The second kappa shape index (κ2) is 8.47. The smallest absolute Gasteiger partial charge is 0.412 e. The molecule has 0 aliphatic rings. The third-order valence-electron chi connectivity index (χ3n) is 3.78. The summed E-state index contributed by atoms with van der Waals surface area (Å²) >= 11 is 0.982. The summed E-state index contributed by atoms with van der Waals surface area (Å²) in [7, 11) is 0.150. The van der Waals surface area contributed by atoms with Gasteiger partial charge in [-0.25, -0.2) is 9.18 Å². The van der Waals surface area contributed by atoms with Gasteiger partial charge in [-0.1, -0.05) is 19.9 Å². The molecule has 0 saturated heterocycles. The normalized spacial score (nSPS) is 11.9. The van der Waals surface area contributed by atoms with Crippen LogP contribution in [-0.2, 0) is 9.39 Å². The summed E-state index contributed by atoms with van der Waals surface area (Å²) in [6, 6.07) is 4.93. The number of hydrogen-bond donors (Lipinski definition) is 2. The quantitative estimate of drug-likeness (QED) is 0.719. The highest BCUT2D eigenvalue weighted by molar-refractivity contribution is 7.23. The van der Waals surface area contributed by atoms with Crippen LogP contribution in [0.3, 0.4) is 0 Å². The molecule has 0 spiro atoms. The Balaban J connectivity index is 2.36. The number of nitriles is 1. The van der Waals surface area contributed by atoms with Crippen molar-refractivity contribution in [3.63, 3.8) is 0 Å². The number of fused-ring (bicyclic) bond motifs is 1. The maximum atomic E-state index is 14.4. The van der Waals surface area contributed by atoms with Crippen LogP contribution in [0.1, 0.15) is 40.2 Å². The Kier molecular flexibility index (Phi) is 6.70. The molecule has 0 aliphatic carbocycles. The van der Waals surface area contributed by atoms with Gasteiger partial charge in [0, 0.05) is 17.4 Å². The van der Waals surface area contributed by atoms with Crippen LogP contribution in [0.4, 0.5) is 14.2 Å². The third kappa shape index (κ3) is 5.44. The lowest BCUT2D eigenvalue weighted by atomic mass is 9.83. The van der Waals surface area contributed by atoms with Crippen LogP contribution in [-0.4, -0.2) is 37.5 Å². The molecule has 0 unspecified atom stereocenters. The van der Waals surface area contributed by atoms with Gasteiger partial charge in [-0.2, -0.15) is 5.26 Å². The molecule has 0 aliphatic heterocycles. The van der Waals surface area contributed by atoms with Crippen LogP contribution in [0.15, 0.2) is 12.1 Å². The van der Waals surface area contributed by atoms with E-state index < -0.39 is 22.9 Å². The van der Waals surface area contributed by atoms with Crippen LogP contribution in [0.2, 0.25) is 0 Å². The van der Waals surface area contributed by atoms with Crippen LogP contribution >= 0.6 is 11.3 Å². The molecule has 1 heterocycles. The average molecular weight is 406 g/mol. The maximum Gasteiger partial charge on any atom is 0.412 e. The van der Waals surface area contributed by atoms with E-state index >= 15 is 0 Å². The monoisotopic (exact) mass is 406 g/mol. The average Bonchev–Trinajstić information content (AvgIpc) is 2.94. The Bertz CT molecular complexity index is 915. The van der Waals surface area contributed by atoms with Crippen molar-refractivity contribution >= 4 is 45.5 Å². The zero-order chi connectivity index (χ0) is 21.1. The first-order valence-electron chi connectivity index (χ1n) is 8.80. The number of amides is 1. The topological polar surface area (TPSA) is 91.6 Å². The van der Waals surface area contributed by atoms with Crippen molar-refractivity contribution in [1.29, 1.82) is 5.26 Å². The van der Waals surface area contributed by atoms with E-state index in [-0.39, 0.29) is 29.4 Å². The largest absolute Gasteiger partial charge is 0.444 e. The van der Waals surface area contributed by atoms with Gasteiger partial charge < -0.3 is 14.5 Å². The summed E-state index contributed by atoms with van der Waals surface area (Å²) in [4.78, 5) is 12.1. The molecule has 6 nitrogen and oxygen atoms in total. The Morgan fingerprint density at radius 3 is 2.61 bits per heavy atom. The van der Waals surface area contributed by atoms with Gasteiger partial charge in [-0.3, -0.25) is 5.32 Å². The van der Waals surface area contributed by atoms with E-state index in [0.29, 0.717) is 17.5 Å². The predicted octanol–water partition coefficient (Wildman–Crippen LogP) is 3.27. The Hall–Kier alpha value is -2.15. The highest BCUT2D eigenvalue weighted by Gasteiger charge is 2.23. The maximum absolute atomic E-state index is 14.4. The molecular weight excluding hydrogens is 382 g/mol. The number of halogens is 1. The highest BCUT2D eigenvalue weighted by atomic mass is 32.1. The van der Waals surface area contributed by atoms with Crippen LogP contribution in [0.5, 0.6) is 0 Å². The van der Waals surface area contributed by atoms with Gasteiger partial charge >= 0.3 is 13.6 Å². The molecule has 2 rings (SSSR count). The molecule has 1 aromatic carbocycles. The van der Waals surface area contributed by atoms with Crippen LogP contribution in [0.25, 0.3) is 10.1 Å². The molecule has 28 heavy (non-hydrogen) atoms. The molecule has 0 fully saturated rings. The second-order valence-electron chi connectivity index (χ2n) is 8.27. The molecule has 0 atom stereocenters. The first kappa shape index (κ1) is 22.1. The molecule has 1 aromatic heterocycles. The van der Waals surface area contributed by atoms with E-state index in [1.54, 1.807) is 26.8 Å². The van der Waals surface area contributed by atoms with Crippen LogP contribution in [0, 0.1) is 22.6 Å². The molecule has 0 bridgehead atoms. The van der Waals surface area contributed by atoms with Gasteiger partial charge in [0.25, 0.3) is 0 Å². The fourth-order valence-electron chi connectivity index (χ4n) is 2.43. The standard InChI is InChI=1S/C19H24BFN2O4S/c1-18(2,3)27-17(25)23-16-11(8-22)14-12(6-7-13(21)15(14)28-16)20-26-10-19(4,5)9-24/h6-7,20,24H,9-10H2,1-5H3,(H,23,25). The summed E-state index contributed by atoms with van der Waals surface area (Å²) in [5.74, 6) is -0.479. The number of aliphatic hydroxyl groups is 1. The van der Waals surface area contributed by atoms with E-state index in [9.17, 15) is 19.6 Å². The minimum atomic E-state index is -0.710. The van der Waals surface area contributed by atoms with Crippen molar-refractivity contribution < 1.29 is 23.7 Å². The lowest BCUT2D eigenvalue weighted by Crippen LogP contribution is -2.28. The molecule has 150 valence electrons. The Morgan fingerprint density at radius 1 is 1.36 bits per heavy atom. The summed E-state index contributed by atoms with van der Waals surface area (Å²) in [5, 5.41) is 22.1. The summed E-state index contributed by atoms with van der Waals surface area (Å²) < 4.78 is 25.5. The van der Waals surface area contributed by atoms with E-state index in [1.165, 1.54) is 6.07 Å². The number of carbonyl (C=O) groups is 1. The Labute approximate surface area is 168 Å². The van der Waals surface area contributed by atoms with E-state index in [2.05, 4.69) is 11.4 Å². The minimum absolute atomic E-state index is 0.0301. The zero-order valence-electron chi connectivity index (χ0n) is 16.7. The van der Waals surface area contributed by atoms with E-state index in [0.717, 1.165) is 11.3 Å². The minimum Gasteiger partial charge on any atom is -0.444 e. The highest BCUT2D eigenvalue weighted by Crippen LogP contribution is 2.36. The number of nitrogens with zero attached hydrogens (tertiary/aromatic N) is 1. The Morgan fingerprint density at radius 2 is 2.04 bits per heavy atom. The number of nitrogens with one attached hydrogen (secondary N) is 1. The van der Waals surface area contributed by atoms with Gasteiger partial charge in [0.15, 0.2) is 0 Å². The molecule has 2 aromatic rings. The number of carbonyl (C=O) groups excluding carboxylic acids is 1. The lowest BCUT2D eigenvalue weighted by molar-refractivity contribution is 0.0636. The zero-order valence-corrected chi connectivity index (χ0v) is 17.5. The van der Waals surface area contributed by atoms with Gasteiger partial charge in [-0.15, -0.1) is 11.3 Å². The number of hydrogen-bond acceptors (Lipinski definition) is 6. The van der Waals surface area contributed by atoms with Crippen molar-refractivity contribution in [3.8, 4) is 6.07 Å². The molecule has 0 radical (unpaired) electrons. The molecule has 0 saturated carbocycles. The third-order valence-corrected chi connectivity index (χ3v) is 4.90. The number of benzene rings is 1. The van der Waals surface area contributed by atoms with Gasteiger partial charge in [0.2, 0.25) is 0 Å². The number of aliphatic hydroxyl groups excluding tert-OH is 1. The molecule has 2 N–H and O–H groups in total. The fourth-order valence-corrected chi connectivity index (χ4v) is 3.52. The van der Waals surface area contributed by atoms with Crippen molar-refractivity contribution in [1.82, 2.24) is 0 Å². The summed E-state index contributed by atoms with van der Waals surface area (Å²) in [6.45, 7) is 9.18. The molecule has 1 amide bonds. The number of anilines is 1. The SMILES string of the molecule is CC(C)(CO)COBc1ccc(F)c2sc(NC(=O)OC(C)(C)C)c(C#N)c12. The fraction of sp³-hybridized carbons (Fsp3) is 0.474. The lowest BCUT2D eigenvalue weighted by Gasteiger charge is -2.21. The number of thiophene rings is 1. The second-order valence-corrected chi connectivity index (χ2v) is 9.29. The number of rotatable bonds is 6. The predicted molar refractivity (Wildman–Crippen MR) is 110 cm³/mol. The van der Waals surface area contributed by atoms with E-state index in [4.69, 9.17) is 9.39 Å². The van der Waals surface area contributed by atoms with Gasteiger partial charge in [-0.05, 0) is 32.3 Å². The first-order valence-corrected chi connectivity index (χ1v) is 9.61. The van der Waals surface area contributed by atoms with E-state index in [1.807, 2.05) is 13.8 Å². The summed E-state index contributed by atoms with van der Waals surface area (Å²) in [5.41, 5.74) is -0.298. The van der Waals surface area contributed by atoms with Crippen LogP contribution < -0.4 is 10.8 Å². The molecular formula is C19H24BFN2O4S.